The molecule has 0 fully saturated rings. The van der Waals surface area contributed by atoms with Gasteiger partial charge in [0.25, 0.3) is 5.91 Å². The first-order chi connectivity index (χ1) is 13.4. The summed E-state index contributed by atoms with van der Waals surface area (Å²) in [6.45, 7) is 1.27. The number of rotatable bonds is 5. The van der Waals surface area contributed by atoms with Crippen LogP contribution in [0.25, 0.3) is 0 Å². The smallest absolute Gasteiger partial charge is 0.254 e. The summed E-state index contributed by atoms with van der Waals surface area (Å²) in [4.78, 5) is 25.9. The number of amides is 2. The number of fused-ring (bicyclic) bond motifs is 1. The van der Waals surface area contributed by atoms with Crippen molar-refractivity contribution >= 4 is 29.1 Å². The predicted octanol–water partition coefficient (Wildman–Crippen LogP) is 3.77. The molecule has 7 heteroatoms. The van der Waals surface area contributed by atoms with E-state index in [0.29, 0.717) is 42.3 Å². The van der Waals surface area contributed by atoms with Crippen molar-refractivity contribution in [1.29, 1.82) is 0 Å². The standard InChI is InChI=1S/C21H23ClN2O4/c1-24(2)21(26)16-13-15(6-7-17(16)22)23-20(25)9-5-14-4-8-18-19(12-14)28-11-3-10-27-18/h4,6-8,12-13H,3,5,9-11H2,1-2H3,(H,23,25). The summed E-state index contributed by atoms with van der Waals surface area (Å²) >= 11 is 6.10. The van der Waals surface area contributed by atoms with Gasteiger partial charge in [-0.1, -0.05) is 17.7 Å². The number of carbonyl (C=O) groups is 2. The van der Waals surface area contributed by atoms with Crippen molar-refractivity contribution in [1.82, 2.24) is 4.90 Å². The number of carbonyl (C=O) groups excluding carboxylic acids is 2. The molecule has 0 aromatic heterocycles. The second kappa shape index (κ2) is 8.97. The molecule has 1 aliphatic rings. The number of anilines is 1. The summed E-state index contributed by atoms with van der Waals surface area (Å²) in [5.41, 5.74) is 1.89. The van der Waals surface area contributed by atoms with Gasteiger partial charge < -0.3 is 19.7 Å². The Morgan fingerprint density at radius 1 is 1.07 bits per heavy atom. The van der Waals surface area contributed by atoms with Crippen molar-refractivity contribution < 1.29 is 19.1 Å². The number of aryl methyl sites for hydroxylation is 1. The molecule has 3 rings (SSSR count). The van der Waals surface area contributed by atoms with E-state index < -0.39 is 0 Å². The Morgan fingerprint density at radius 2 is 1.82 bits per heavy atom. The maximum absolute atomic E-state index is 12.3. The Kier molecular flexibility index (Phi) is 6.41. The van der Waals surface area contributed by atoms with Crippen LogP contribution >= 0.6 is 11.6 Å². The van der Waals surface area contributed by atoms with E-state index >= 15 is 0 Å². The summed E-state index contributed by atoms with van der Waals surface area (Å²) in [5.74, 6) is 1.11. The lowest BCUT2D eigenvalue weighted by Gasteiger charge is -2.13. The molecule has 2 amide bonds. The van der Waals surface area contributed by atoms with Crippen molar-refractivity contribution in [2.75, 3.05) is 32.6 Å². The number of benzene rings is 2. The highest BCUT2D eigenvalue weighted by molar-refractivity contribution is 6.34. The summed E-state index contributed by atoms with van der Waals surface area (Å²) in [6, 6.07) is 10.6. The zero-order chi connectivity index (χ0) is 20.1. The summed E-state index contributed by atoms with van der Waals surface area (Å²) in [7, 11) is 3.30. The third-order valence-electron chi connectivity index (χ3n) is 4.34. The Hall–Kier alpha value is -2.73. The first kappa shape index (κ1) is 20.0. The number of ether oxygens (including phenoxy) is 2. The van der Waals surface area contributed by atoms with Crippen LogP contribution in [0.15, 0.2) is 36.4 Å². The molecule has 148 valence electrons. The van der Waals surface area contributed by atoms with Crippen molar-refractivity contribution in [3.8, 4) is 11.5 Å². The fraction of sp³-hybridized carbons (Fsp3) is 0.333. The third kappa shape index (κ3) is 4.95. The molecule has 0 bridgehead atoms. The fourth-order valence-electron chi connectivity index (χ4n) is 2.85. The summed E-state index contributed by atoms with van der Waals surface area (Å²) in [5, 5.41) is 3.17. The largest absolute Gasteiger partial charge is 0.490 e. The van der Waals surface area contributed by atoms with Crippen LogP contribution in [0.5, 0.6) is 11.5 Å². The van der Waals surface area contributed by atoms with Crippen LogP contribution in [0.1, 0.15) is 28.8 Å². The Bertz CT molecular complexity index is 883. The van der Waals surface area contributed by atoms with Crippen LogP contribution < -0.4 is 14.8 Å². The van der Waals surface area contributed by atoms with E-state index in [1.54, 1.807) is 32.3 Å². The summed E-state index contributed by atoms with van der Waals surface area (Å²) < 4.78 is 11.3. The van der Waals surface area contributed by atoms with Gasteiger partial charge >= 0.3 is 0 Å². The van der Waals surface area contributed by atoms with Gasteiger partial charge in [0.05, 0.1) is 23.8 Å². The van der Waals surface area contributed by atoms with Gasteiger partial charge in [-0.2, -0.15) is 0 Å². The molecule has 28 heavy (non-hydrogen) atoms. The number of hydrogen-bond donors (Lipinski definition) is 1. The van der Waals surface area contributed by atoms with Crippen LogP contribution in [0.3, 0.4) is 0 Å². The molecule has 0 saturated heterocycles. The molecule has 0 radical (unpaired) electrons. The summed E-state index contributed by atoms with van der Waals surface area (Å²) in [6.07, 6.45) is 1.73. The number of nitrogens with one attached hydrogen (secondary N) is 1. The Balaban J connectivity index is 1.61. The first-order valence-electron chi connectivity index (χ1n) is 9.13. The Labute approximate surface area is 169 Å². The minimum Gasteiger partial charge on any atom is -0.490 e. The minimum atomic E-state index is -0.215. The number of halogens is 1. The topological polar surface area (TPSA) is 67.9 Å². The van der Waals surface area contributed by atoms with E-state index in [4.69, 9.17) is 21.1 Å². The highest BCUT2D eigenvalue weighted by Crippen LogP contribution is 2.30. The minimum absolute atomic E-state index is 0.141. The monoisotopic (exact) mass is 402 g/mol. The van der Waals surface area contributed by atoms with Crippen LogP contribution in [0.2, 0.25) is 5.02 Å². The van der Waals surface area contributed by atoms with Gasteiger partial charge in [-0.05, 0) is 42.3 Å². The van der Waals surface area contributed by atoms with E-state index in [-0.39, 0.29) is 11.8 Å². The van der Waals surface area contributed by atoms with Crippen molar-refractivity contribution in [2.45, 2.75) is 19.3 Å². The quantitative estimate of drug-likeness (QED) is 0.826. The van der Waals surface area contributed by atoms with E-state index in [1.165, 1.54) is 4.90 Å². The maximum atomic E-state index is 12.3. The molecule has 0 aliphatic carbocycles. The molecule has 2 aromatic rings. The normalized spacial score (nSPS) is 12.8. The van der Waals surface area contributed by atoms with E-state index in [0.717, 1.165) is 23.5 Å². The predicted molar refractivity (Wildman–Crippen MR) is 108 cm³/mol. The third-order valence-corrected chi connectivity index (χ3v) is 4.67. The van der Waals surface area contributed by atoms with Crippen molar-refractivity contribution in [3.63, 3.8) is 0 Å². The molecule has 1 N–H and O–H groups in total. The zero-order valence-electron chi connectivity index (χ0n) is 16.0. The molecule has 6 nitrogen and oxygen atoms in total. The SMILES string of the molecule is CN(C)C(=O)c1cc(NC(=O)CCc2ccc3c(c2)OCCCO3)ccc1Cl. The zero-order valence-corrected chi connectivity index (χ0v) is 16.7. The average molecular weight is 403 g/mol. The second-order valence-corrected chi connectivity index (χ2v) is 7.18. The van der Waals surface area contributed by atoms with Crippen LogP contribution in [-0.2, 0) is 11.2 Å². The number of hydrogen-bond acceptors (Lipinski definition) is 4. The molecule has 1 aliphatic heterocycles. The molecular weight excluding hydrogens is 380 g/mol. The molecule has 1 heterocycles. The van der Waals surface area contributed by atoms with Crippen LogP contribution in [-0.4, -0.2) is 44.0 Å². The number of nitrogens with zero attached hydrogens (tertiary/aromatic N) is 1. The molecular formula is C21H23ClN2O4. The van der Waals surface area contributed by atoms with Gasteiger partial charge in [0.15, 0.2) is 11.5 Å². The van der Waals surface area contributed by atoms with E-state index in [1.807, 2.05) is 18.2 Å². The van der Waals surface area contributed by atoms with E-state index in [9.17, 15) is 9.59 Å². The molecule has 0 saturated carbocycles. The highest BCUT2D eigenvalue weighted by atomic mass is 35.5. The van der Waals surface area contributed by atoms with Crippen molar-refractivity contribution in [2.24, 2.45) is 0 Å². The lowest BCUT2D eigenvalue weighted by Crippen LogP contribution is -2.22. The van der Waals surface area contributed by atoms with Gasteiger partial charge in [0, 0.05) is 32.6 Å². The second-order valence-electron chi connectivity index (χ2n) is 6.77. The van der Waals surface area contributed by atoms with Crippen molar-refractivity contribution in [3.05, 3.63) is 52.5 Å². The first-order valence-corrected chi connectivity index (χ1v) is 9.51. The van der Waals surface area contributed by atoms with Gasteiger partial charge in [0.1, 0.15) is 0 Å². The molecule has 0 unspecified atom stereocenters. The fourth-order valence-corrected chi connectivity index (χ4v) is 3.05. The molecule has 0 atom stereocenters. The highest BCUT2D eigenvalue weighted by Gasteiger charge is 2.15. The van der Waals surface area contributed by atoms with Gasteiger partial charge in [-0.3, -0.25) is 9.59 Å². The lowest BCUT2D eigenvalue weighted by molar-refractivity contribution is -0.116. The maximum Gasteiger partial charge on any atom is 0.254 e. The van der Waals surface area contributed by atoms with Gasteiger partial charge in [-0.25, -0.2) is 0 Å². The van der Waals surface area contributed by atoms with Crippen LogP contribution in [0.4, 0.5) is 5.69 Å². The van der Waals surface area contributed by atoms with E-state index in [2.05, 4.69) is 5.32 Å². The van der Waals surface area contributed by atoms with Gasteiger partial charge in [-0.15, -0.1) is 0 Å². The average Bonchev–Trinajstić information content (AvgIpc) is 2.92. The Morgan fingerprint density at radius 3 is 2.57 bits per heavy atom. The van der Waals surface area contributed by atoms with Crippen LogP contribution in [0, 0.1) is 0 Å². The molecule has 0 spiro atoms. The molecule has 2 aromatic carbocycles. The van der Waals surface area contributed by atoms with Gasteiger partial charge in [0.2, 0.25) is 5.91 Å². The lowest BCUT2D eigenvalue weighted by atomic mass is 10.1.